The molecule has 1 aromatic rings. The van der Waals surface area contributed by atoms with Crippen LogP contribution in [0.5, 0.6) is 0 Å². The van der Waals surface area contributed by atoms with Crippen LogP contribution in [-0.4, -0.2) is 32.8 Å². The van der Waals surface area contributed by atoms with Crippen molar-refractivity contribution >= 4 is 5.69 Å². The Bertz CT molecular complexity index is 392. The van der Waals surface area contributed by atoms with E-state index in [9.17, 15) is 0 Å². The minimum atomic E-state index is 0.384. The lowest BCUT2D eigenvalue weighted by Crippen LogP contribution is -2.42. The minimum Gasteiger partial charge on any atom is -0.375 e. The zero-order valence-corrected chi connectivity index (χ0v) is 11.7. The number of nitrogens with one attached hydrogen (secondary N) is 1. The predicted octanol–water partition coefficient (Wildman–Crippen LogP) is 2.33. The summed E-state index contributed by atoms with van der Waals surface area (Å²) < 4.78 is 5.73. The largest absolute Gasteiger partial charge is 0.375 e. The molecule has 1 unspecified atom stereocenters. The van der Waals surface area contributed by atoms with Gasteiger partial charge in [-0.25, -0.2) is 0 Å². The van der Waals surface area contributed by atoms with Gasteiger partial charge >= 0.3 is 0 Å². The highest BCUT2D eigenvalue weighted by atomic mass is 16.5. The van der Waals surface area contributed by atoms with Crippen LogP contribution in [0.4, 0.5) is 5.69 Å². The van der Waals surface area contributed by atoms with E-state index in [4.69, 9.17) is 4.74 Å². The first kappa shape index (κ1) is 13.4. The fraction of sp³-hybridized carbons (Fsp3) is 0.600. The Morgan fingerprint density at radius 1 is 1.44 bits per heavy atom. The van der Waals surface area contributed by atoms with Crippen molar-refractivity contribution in [3.63, 3.8) is 0 Å². The van der Waals surface area contributed by atoms with Gasteiger partial charge < -0.3 is 15.0 Å². The summed E-state index contributed by atoms with van der Waals surface area (Å²) in [6.07, 6.45) is 1.48. The fourth-order valence-corrected chi connectivity index (χ4v) is 2.57. The topological polar surface area (TPSA) is 24.5 Å². The summed E-state index contributed by atoms with van der Waals surface area (Å²) in [4.78, 5) is 2.45. The van der Waals surface area contributed by atoms with Crippen LogP contribution in [0.15, 0.2) is 18.2 Å². The summed E-state index contributed by atoms with van der Waals surface area (Å²) in [6, 6.07) is 6.75. The molecule has 1 N–H and O–H groups in total. The van der Waals surface area contributed by atoms with E-state index >= 15 is 0 Å². The van der Waals surface area contributed by atoms with Crippen LogP contribution in [0.3, 0.4) is 0 Å². The molecule has 0 radical (unpaired) electrons. The maximum absolute atomic E-state index is 5.73. The van der Waals surface area contributed by atoms with Gasteiger partial charge in [-0.05, 0) is 37.6 Å². The van der Waals surface area contributed by atoms with Crippen LogP contribution < -0.4 is 10.2 Å². The van der Waals surface area contributed by atoms with Gasteiger partial charge in [0.05, 0.1) is 12.7 Å². The molecule has 3 heteroatoms. The summed E-state index contributed by atoms with van der Waals surface area (Å²) in [7, 11) is 1.98. The molecule has 1 fully saturated rings. The quantitative estimate of drug-likeness (QED) is 0.885. The first-order valence-corrected chi connectivity index (χ1v) is 6.85. The molecule has 0 saturated carbocycles. The Labute approximate surface area is 110 Å². The Balaban J connectivity index is 2.12. The number of nitrogens with zero attached hydrogens (tertiary/aromatic N) is 1. The third-order valence-corrected chi connectivity index (χ3v) is 3.58. The van der Waals surface area contributed by atoms with Crippen molar-refractivity contribution in [2.45, 2.75) is 32.9 Å². The molecule has 0 bridgehead atoms. The highest BCUT2D eigenvalue weighted by Gasteiger charge is 2.20. The number of aryl methyl sites for hydroxylation is 1. The molecule has 1 aliphatic heterocycles. The molecule has 2 rings (SSSR count). The summed E-state index contributed by atoms with van der Waals surface area (Å²) in [6.45, 7) is 8.19. The standard InChI is InChI=1S/C15H24N2O/c1-4-14-11-17(7-8-18-14)15-6-5-13(10-16-3)9-12(15)2/h5-6,9,14,16H,4,7-8,10-11H2,1-3H3. The zero-order valence-electron chi connectivity index (χ0n) is 11.7. The van der Waals surface area contributed by atoms with Crippen molar-refractivity contribution in [3.8, 4) is 0 Å². The van der Waals surface area contributed by atoms with E-state index in [1.54, 1.807) is 0 Å². The third-order valence-electron chi connectivity index (χ3n) is 3.58. The van der Waals surface area contributed by atoms with Crippen molar-refractivity contribution in [2.24, 2.45) is 0 Å². The summed E-state index contributed by atoms with van der Waals surface area (Å²) in [5.41, 5.74) is 4.06. The molecule has 0 aromatic heterocycles. The van der Waals surface area contributed by atoms with Crippen molar-refractivity contribution in [1.82, 2.24) is 5.32 Å². The zero-order chi connectivity index (χ0) is 13.0. The molecule has 3 nitrogen and oxygen atoms in total. The minimum absolute atomic E-state index is 0.384. The molecule has 1 aliphatic rings. The van der Waals surface area contributed by atoms with Gasteiger partial charge in [0.2, 0.25) is 0 Å². The Kier molecular flexibility index (Phi) is 4.61. The number of ether oxygens (including phenoxy) is 1. The number of hydrogen-bond donors (Lipinski definition) is 1. The van der Waals surface area contributed by atoms with Gasteiger partial charge in [0.25, 0.3) is 0 Å². The van der Waals surface area contributed by atoms with Gasteiger partial charge in [0.1, 0.15) is 0 Å². The van der Waals surface area contributed by atoms with Crippen LogP contribution in [-0.2, 0) is 11.3 Å². The normalized spacial score (nSPS) is 20.2. The lowest BCUT2D eigenvalue weighted by Gasteiger charge is -2.35. The Morgan fingerprint density at radius 2 is 2.28 bits per heavy atom. The molecule has 100 valence electrons. The highest BCUT2D eigenvalue weighted by Crippen LogP contribution is 2.24. The smallest absolute Gasteiger partial charge is 0.0748 e. The second-order valence-corrected chi connectivity index (χ2v) is 5.00. The Morgan fingerprint density at radius 3 is 2.94 bits per heavy atom. The molecule has 0 amide bonds. The summed E-state index contributed by atoms with van der Waals surface area (Å²) in [5.74, 6) is 0. The van der Waals surface area contributed by atoms with Crippen molar-refractivity contribution in [3.05, 3.63) is 29.3 Å². The second-order valence-electron chi connectivity index (χ2n) is 5.00. The molecule has 1 saturated heterocycles. The van der Waals surface area contributed by atoms with Gasteiger partial charge in [0, 0.05) is 25.3 Å². The van der Waals surface area contributed by atoms with Crippen LogP contribution in [0.25, 0.3) is 0 Å². The SMILES string of the molecule is CCC1CN(c2ccc(CNC)cc2C)CCO1. The van der Waals surface area contributed by atoms with E-state index in [1.807, 2.05) is 7.05 Å². The Hall–Kier alpha value is -1.06. The number of benzene rings is 1. The first-order chi connectivity index (χ1) is 8.74. The van der Waals surface area contributed by atoms with Gasteiger partial charge in [-0.2, -0.15) is 0 Å². The van der Waals surface area contributed by atoms with Gasteiger partial charge in [-0.15, -0.1) is 0 Å². The van der Waals surface area contributed by atoms with Gasteiger partial charge in [-0.3, -0.25) is 0 Å². The molecule has 1 aromatic carbocycles. The van der Waals surface area contributed by atoms with E-state index in [1.165, 1.54) is 16.8 Å². The average molecular weight is 248 g/mol. The van der Waals surface area contributed by atoms with Crippen LogP contribution in [0.2, 0.25) is 0 Å². The molecular weight excluding hydrogens is 224 g/mol. The molecule has 1 atom stereocenters. The lowest BCUT2D eigenvalue weighted by molar-refractivity contribution is 0.0384. The van der Waals surface area contributed by atoms with E-state index in [0.717, 1.165) is 32.7 Å². The fourth-order valence-electron chi connectivity index (χ4n) is 2.57. The van der Waals surface area contributed by atoms with E-state index in [2.05, 4.69) is 42.3 Å². The number of morpholine rings is 1. The first-order valence-electron chi connectivity index (χ1n) is 6.85. The van der Waals surface area contributed by atoms with Crippen molar-refractivity contribution in [2.75, 3.05) is 31.6 Å². The number of rotatable bonds is 4. The van der Waals surface area contributed by atoms with E-state index < -0.39 is 0 Å². The number of hydrogen-bond acceptors (Lipinski definition) is 3. The molecule has 0 aliphatic carbocycles. The van der Waals surface area contributed by atoms with Gasteiger partial charge in [-0.1, -0.05) is 19.1 Å². The number of anilines is 1. The van der Waals surface area contributed by atoms with Crippen LogP contribution >= 0.6 is 0 Å². The molecule has 1 heterocycles. The van der Waals surface area contributed by atoms with Gasteiger partial charge in [0.15, 0.2) is 0 Å². The monoisotopic (exact) mass is 248 g/mol. The molecular formula is C15H24N2O. The maximum atomic E-state index is 5.73. The van der Waals surface area contributed by atoms with Crippen LogP contribution in [0.1, 0.15) is 24.5 Å². The third kappa shape index (κ3) is 3.03. The van der Waals surface area contributed by atoms with Crippen molar-refractivity contribution in [1.29, 1.82) is 0 Å². The maximum Gasteiger partial charge on any atom is 0.0748 e. The second kappa shape index (κ2) is 6.21. The van der Waals surface area contributed by atoms with E-state index in [0.29, 0.717) is 6.10 Å². The highest BCUT2D eigenvalue weighted by molar-refractivity contribution is 5.54. The lowest BCUT2D eigenvalue weighted by atomic mass is 10.1. The van der Waals surface area contributed by atoms with Crippen LogP contribution in [0, 0.1) is 6.92 Å². The van der Waals surface area contributed by atoms with E-state index in [-0.39, 0.29) is 0 Å². The molecule has 0 spiro atoms. The predicted molar refractivity (Wildman–Crippen MR) is 76.2 cm³/mol. The summed E-state index contributed by atoms with van der Waals surface area (Å²) >= 11 is 0. The summed E-state index contributed by atoms with van der Waals surface area (Å²) in [5, 5.41) is 3.19. The molecule has 18 heavy (non-hydrogen) atoms. The van der Waals surface area contributed by atoms with Crippen molar-refractivity contribution < 1.29 is 4.74 Å². The average Bonchev–Trinajstić information content (AvgIpc) is 2.39.